The molecule has 0 unspecified atom stereocenters. The van der Waals surface area contributed by atoms with Gasteiger partial charge in [-0.05, 0) is 30.9 Å². The highest BCUT2D eigenvalue weighted by Crippen LogP contribution is 2.28. The van der Waals surface area contributed by atoms with Crippen LogP contribution in [-0.2, 0) is 11.3 Å². The first kappa shape index (κ1) is 21.8. The van der Waals surface area contributed by atoms with Crippen LogP contribution in [0, 0.1) is 0 Å². The Labute approximate surface area is 180 Å². The van der Waals surface area contributed by atoms with E-state index in [0.29, 0.717) is 30.7 Å². The normalized spacial score (nSPS) is 13.8. The largest absolute Gasteiger partial charge is 0.383 e. The van der Waals surface area contributed by atoms with Crippen LogP contribution in [0.5, 0.6) is 0 Å². The van der Waals surface area contributed by atoms with Gasteiger partial charge in [0, 0.05) is 30.6 Å². The number of ether oxygens (including phenoxy) is 1. The number of allylic oxidation sites excluding steroid dienone is 4. The molecule has 1 aromatic carbocycles. The van der Waals surface area contributed by atoms with Gasteiger partial charge in [0.2, 0.25) is 5.95 Å². The maximum absolute atomic E-state index is 12.6. The highest BCUT2D eigenvalue weighted by molar-refractivity contribution is 6.32. The third-order valence-electron chi connectivity index (χ3n) is 4.82. The zero-order valence-corrected chi connectivity index (χ0v) is 17.8. The molecule has 0 fully saturated rings. The van der Waals surface area contributed by atoms with Gasteiger partial charge in [0.15, 0.2) is 0 Å². The van der Waals surface area contributed by atoms with E-state index in [2.05, 4.69) is 15.6 Å². The topological polar surface area (TPSA) is 85.2 Å². The summed E-state index contributed by atoms with van der Waals surface area (Å²) in [6.07, 6.45) is 5.09. The molecule has 1 aliphatic rings. The van der Waals surface area contributed by atoms with Crippen LogP contribution in [0.1, 0.15) is 35.7 Å². The first-order valence-corrected chi connectivity index (χ1v) is 10.1. The van der Waals surface area contributed by atoms with E-state index in [9.17, 15) is 9.59 Å². The molecule has 0 bridgehead atoms. The Morgan fingerprint density at radius 2 is 2.07 bits per heavy atom. The molecule has 2 N–H and O–H groups in total. The predicted molar refractivity (Wildman–Crippen MR) is 118 cm³/mol. The van der Waals surface area contributed by atoms with Gasteiger partial charge in [-0.25, -0.2) is 0 Å². The molecule has 30 heavy (non-hydrogen) atoms. The van der Waals surface area contributed by atoms with Crippen molar-refractivity contribution in [1.29, 1.82) is 0 Å². The molecule has 3 rings (SSSR count). The lowest BCUT2D eigenvalue weighted by molar-refractivity contribution is 0.0934. The number of amides is 1. The second kappa shape index (κ2) is 10.2. The summed E-state index contributed by atoms with van der Waals surface area (Å²) in [6.45, 7) is 3.05. The average Bonchev–Trinajstić information content (AvgIpc) is 2.74. The van der Waals surface area contributed by atoms with Crippen molar-refractivity contribution in [3.8, 4) is 0 Å². The van der Waals surface area contributed by atoms with Gasteiger partial charge in [-0.2, -0.15) is 4.98 Å². The second-order valence-corrected chi connectivity index (χ2v) is 7.37. The summed E-state index contributed by atoms with van der Waals surface area (Å²) in [5, 5.41) is 6.63. The highest BCUT2D eigenvalue weighted by atomic mass is 35.5. The fourth-order valence-electron chi connectivity index (χ4n) is 3.13. The van der Waals surface area contributed by atoms with E-state index in [-0.39, 0.29) is 5.56 Å². The molecular weight excluding hydrogens is 404 g/mol. The van der Waals surface area contributed by atoms with Gasteiger partial charge in [-0.15, -0.1) is 0 Å². The van der Waals surface area contributed by atoms with E-state index in [0.717, 1.165) is 29.7 Å². The maximum atomic E-state index is 12.6. The number of hydrogen-bond acceptors (Lipinski definition) is 5. The molecule has 1 aliphatic carbocycles. The molecule has 0 saturated carbocycles. The Balaban J connectivity index is 1.97. The van der Waals surface area contributed by atoms with Crippen molar-refractivity contribution in [1.82, 2.24) is 14.9 Å². The Morgan fingerprint density at radius 1 is 1.30 bits per heavy atom. The van der Waals surface area contributed by atoms with Crippen molar-refractivity contribution in [3.05, 3.63) is 80.4 Å². The van der Waals surface area contributed by atoms with Gasteiger partial charge in [0.1, 0.15) is 5.56 Å². The van der Waals surface area contributed by atoms with E-state index < -0.39 is 11.5 Å². The van der Waals surface area contributed by atoms with Crippen molar-refractivity contribution >= 4 is 23.5 Å². The molecule has 1 amide bonds. The third kappa shape index (κ3) is 5.37. The number of nitrogens with one attached hydrogen (secondary N) is 2. The summed E-state index contributed by atoms with van der Waals surface area (Å²) in [6, 6.07) is 9.77. The quantitative estimate of drug-likeness (QED) is 0.630. The lowest BCUT2D eigenvalue weighted by atomic mass is 10.0. The van der Waals surface area contributed by atoms with Gasteiger partial charge < -0.3 is 19.9 Å². The van der Waals surface area contributed by atoms with Crippen LogP contribution in [0.3, 0.4) is 0 Å². The molecule has 1 aromatic heterocycles. The van der Waals surface area contributed by atoms with Crippen LogP contribution in [0.2, 0.25) is 0 Å². The van der Waals surface area contributed by atoms with Crippen LogP contribution < -0.4 is 16.2 Å². The van der Waals surface area contributed by atoms with Crippen molar-refractivity contribution in [2.24, 2.45) is 0 Å². The summed E-state index contributed by atoms with van der Waals surface area (Å²) in [4.78, 5) is 29.2. The number of carbonyl (C=O) groups is 1. The molecule has 8 heteroatoms. The van der Waals surface area contributed by atoms with Crippen molar-refractivity contribution < 1.29 is 9.53 Å². The maximum Gasteiger partial charge on any atom is 0.287 e. The predicted octanol–water partition coefficient (Wildman–Crippen LogP) is 3.27. The second-order valence-electron chi connectivity index (χ2n) is 6.96. The Morgan fingerprint density at radius 3 is 2.80 bits per heavy atom. The van der Waals surface area contributed by atoms with Crippen LogP contribution in [0.25, 0.3) is 0 Å². The van der Waals surface area contributed by atoms with Crippen molar-refractivity contribution in [2.75, 3.05) is 25.6 Å². The number of rotatable bonds is 8. The van der Waals surface area contributed by atoms with E-state index in [1.807, 2.05) is 43.3 Å². The Bertz CT molecular complexity index is 1030. The number of anilines is 1. The number of nitrogens with zero attached hydrogens (tertiary/aromatic N) is 2. The van der Waals surface area contributed by atoms with E-state index in [1.165, 1.54) is 0 Å². The van der Waals surface area contributed by atoms with Gasteiger partial charge in [0.25, 0.3) is 11.5 Å². The molecule has 2 aromatic rings. The summed E-state index contributed by atoms with van der Waals surface area (Å²) in [7, 11) is 1.55. The SMILES string of the molecule is COCCNC(=O)c1cn(Cc2ccccc2)c(NC2=C(C)C(Cl)=CCC2)nc1=O. The summed E-state index contributed by atoms with van der Waals surface area (Å²) in [5.41, 5.74) is 2.25. The van der Waals surface area contributed by atoms with Crippen molar-refractivity contribution in [2.45, 2.75) is 26.3 Å². The number of carbonyl (C=O) groups excluding carboxylic acids is 1. The Kier molecular flexibility index (Phi) is 7.43. The fourth-order valence-corrected chi connectivity index (χ4v) is 3.35. The van der Waals surface area contributed by atoms with Crippen LogP contribution in [-0.4, -0.2) is 35.7 Å². The molecule has 158 valence electrons. The first-order chi connectivity index (χ1) is 14.5. The standard InChI is InChI=1S/C22H25ClN4O3/c1-15-18(23)9-6-10-19(15)25-22-26-21(29)17(20(28)24-11-12-30-2)14-27(22)13-16-7-4-3-5-8-16/h3-5,7-9,14H,6,10-13H2,1-2H3,(H,24,28)(H,25,26,29). The van der Waals surface area contributed by atoms with Gasteiger partial charge in [0.05, 0.1) is 13.2 Å². The van der Waals surface area contributed by atoms with Gasteiger partial charge >= 0.3 is 0 Å². The van der Waals surface area contributed by atoms with E-state index >= 15 is 0 Å². The number of aromatic nitrogens is 2. The molecule has 0 spiro atoms. The smallest absolute Gasteiger partial charge is 0.287 e. The molecule has 0 radical (unpaired) electrons. The zero-order valence-electron chi connectivity index (χ0n) is 17.1. The first-order valence-electron chi connectivity index (χ1n) is 9.75. The van der Waals surface area contributed by atoms with Crippen LogP contribution in [0.15, 0.2) is 63.7 Å². The fraction of sp³-hybridized carbons (Fsp3) is 0.318. The van der Waals surface area contributed by atoms with Crippen LogP contribution in [0.4, 0.5) is 5.95 Å². The number of methoxy groups -OCH3 is 1. The van der Waals surface area contributed by atoms with Gasteiger partial charge in [-0.1, -0.05) is 48.0 Å². The molecule has 7 nitrogen and oxygen atoms in total. The minimum absolute atomic E-state index is 0.0140. The minimum Gasteiger partial charge on any atom is -0.383 e. The zero-order chi connectivity index (χ0) is 21.5. The average molecular weight is 429 g/mol. The third-order valence-corrected chi connectivity index (χ3v) is 5.26. The number of hydrogen-bond donors (Lipinski definition) is 2. The summed E-state index contributed by atoms with van der Waals surface area (Å²) >= 11 is 6.27. The Hall–Kier alpha value is -2.90. The van der Waals surface area contributed by atoms with Crippen LogP contribution >= 0.6 is 11.6 Å². The summed E-state index contributed by atoms with van der Waals surface area (Å²) < 4.78 is 6.71. The van der Waals surface area contributed by atoms with Gasteiger partial charge in [-0.3, -0.25) is 9.59 Å². The molecular formula is C22H25ClN4O3. The lowest BCUT2D eigenvalue weighted by Gasteiger charge is -2.20. The highest BCUT2D eigenvalue weighted by Gasteiger charge is 2.18. The molecule has 0 saturated heterocycles. The lowest BCUT2D eigenvalue weighted by Crippen LogP contribution is -2.33. The van der Waals surface area contributed by atoms with Crippen molar-refractivity contribution in [3.63, 3.8) is 0 Å². The van der Waals surface area contributed by atoms with E-state index in [1.54, 1.807) is 17.9 Å². The number of benzene rings is 1. The number of halogens is 1. The molecule has 0 atom stereocenters. The molecule has 1 heterocycles. The minimum atomic E-state index is -0.590. The monoisotopic (exact) mass is 428 g/mol. The molecule has 0 aliphatic heterocycles. The summed E-state index contributed by atoms with van der Waals surface area (Å²) in [5.74, 6) is -0.102. The van der Waals surface area contributed by atoms with E-state index in [4.69, 9.17) is 16.3 Å².